The Balaban J connectivity index is 2.37. The maximum atomic E-state index is 11.3. The molecule has 3 aliphatic rings. The molecular formula is C10H9NO. The minimum Gasteiger partial charge on any atom is -0.294 e. The Morgan fingerprint density at radius 2 is 2.25 bits per heavy atom. The molecule has 0 aromatic heterocycles. The molecule has 3 rings (SSSR count). The first kappa shape index (κ1) is 7.30. The molecule has 12 heavy (non-hydrogen) atoms. The number of hydrogen-bond donors (Lipinski definition) is 0. The normalized spacial score (nSPS) is 37.9. The maximum absolute atomic E-state index is 11.3. The third-order valence-corrected chi connectivity index (χ3v) is 2.55. The number of carbonyl (C=O) groups is 1. The smallest absolute Gasteiger partial charge is 0.162 e. The molecule has 0 fully saturated rings. The monoisotopic (exact) mass is 159 g/mol. The maximum Gasteiger partial charge on any atom is 0.162 e. The molecule has 0 saturated carbocycles. The second-order valence-corrected chi connectivity index (χ2v) is 3.30. The fourth-order valence-corrected chi connectivity index (χ4v) is 1.78. The first-order valence-corrected chi connectivity index (χ1v) is 4.11. The molecule has 3 atom stereocenters. The lowest BCUT2D eigenvalue weighted by atomic mass is 9.81. The van der Waals surface area contributed by atoms with E-state index in [1.807, 2.05) is 18.2 Å². The molecular weight excluding hydrogens is 150 g/mol. The summed E-state index contributed by atoms with van der Waals surface area (Å²) in [5.41, 5.74) is 0. The first-order chi connectivity index (χ1) is 5.81. The zero-order valence-electron chi connectivity index (χ0n) is 6.60. The molecule has 0 N–H and O–H groups in total. The van der Waals surface area contributed by atoms with Crippen molar-refractivity contribution in [3.8, 4) is 6.07 Å². The van der Waals surface area contributed by atoms with Crippen molar-refractivity contribution in [3.63, 3.8) is 0 Å². The van der Waals surface area contributed by atoms with E-state index in [0.29, 0.717) is 6.42 Å². The van der Waals surface area contributed by atoms with Crippen molar-refractivity contribution in [2.75, 3.05) is 0 Å². The number of nitrogens with zero attached hydrogens (tertiary/aromatic N) is 1. The number of rotatable bonds is 0. The highest BCUT2D eigenvalue weighted by atomic mass is 16.1. The number of fused-ring (bicyclic) bond motifs is 2. The van der Waals surface area contributed by atoms with Gasteiger partial charge in [-0.15, -0.1) is 0 Å². The zero-order valence-corrected chi connectivity index (χ0v) is 6.60. The van der Waals surface area contributed by atoms with Crippen LogP contribution in [0.5, 0.6) is 0 Å². The van der Waals surface area contributed by atoms with Gasteiger partial charge in [-0.2, -0.15) is 5.26 Å². The first-order valence-electron chi connectivity index (χ1n) is 4.11. The summed E-state index contributed by atoms with van der Waals surface area (Å²) in [5.74, 6) is 0.275. The van der Waals surface area contributed by atoms with Gasteiger partial charge in [-0.25, -0.2) is 0 Å². The van der Waals surface area contributed by atoms with Gasteiger partial charge in [-0.05, 0) is 12.5 Å². The van der Waals surface area contributed by atoms with Crippen molar-refractivity contribution in [3.05, 3.63) is 24.3 Å². The highest BCUT2D eigenvalue weighted by Crippen LogP contribution is 2.32. The van der Waals surface area contributed by atoms with Crippen molar-refractivity contribution in [1.82, 2.24) is 0 Å². The van der Waals surface area contributed by atoms with Crippen molar-refractivity contribution in [2.24, 2.45) is 17.8 Å². The van der Waals surface area contributed by atoms with Crippen LogP contribution in [0.2, 0.25) is 0 Å². The van der Waals surface area contributed by atoms with Crippen LogP contribution in [0.15, 0.2) is 24.3 Å². The molecule has 3 aliphatic carbocycles. The zero-order chi connectivity index (χ0) is 8.55. The Hall–Kier alpha value is -1.36. The van der Waals surface area contributed by atoms with Crippen molar-refractivity contribution >= 4 is 5.78 Å². The van der Waals surface area contributed by atoms with Gasteiger partial charge in [0.25, 0.3) is 0 Å². The van der Waals surface area contributed by atoms with Crippen LogP contribution in [0.1, 0.15) is 6.42 Å². The van der Waals surface area contributed by atoms with Crippen molar-refractivity contribution in [1.29, 1.82) is 5.26 Å². The topological polar surface area (TPSA) is 40.9 Å². The molecule has 0 heterocycles. The standard InChI is InChI=1S/C10H9NO/c11-6-9-5-8-2-1-7(9)3-4-10(8)12/h1-4,7-9H,5H2. The summed E-state index contributed by atoms with van der Waals surface area (Å²) >= 11 is 0. The van der Waals surface area contributed by atoms with Gasteiger partial charge in [-0.3, -0.25) is 4.79 Å². The SMILES string of the molecule is N#CC1CC2C=CC1C=CC2=O. The van der Waals surface area contributed by atoms with Crippen LogP contribution >= 0.6 is 0 Å². The van der Waals surface area contributed by atoms with E-state index < -0.39 is 0 Å². The van der Waals surface area contributed by atoms with Gasteiger partial charge in [0.2, 0.25) is 0 Å². The molecule has 3 unspecified atom stereocenters. The van der Waals surface area contributed by atoms with E-state index in [2.05, 4.69) is 6.07 Å². The van der Waals surface area contributed by atoms with Gasteiger partial charge in [0.05, 0.1) is 12.0 Å². The number of nitriles is 1. The summed E-state index contributed by atoms with van der Waals surface area (Å²) in [5, 5.41) is 8.80. The Kier molecular flexibility index (Phi) is 1.58. The average Bonchev–Trinajstić information content (AvgIpc) is 2.37. The number of ketones is 1. The molecule has 2 bridgehead atoms. The van der Waals surface area contributed by atoms with Crippen LogP contribution in [-0.4, -0.2) is 5.78 Å². The summed E-state index contributed by atoms with van der Waals surface area (Å²) in [7, 11) is 0. The summed E-state index contributed by atoms with van der Waals surface area (Å²) in [6, 6.07) is 2.24. The van der Waals surface area contributed by atoms with Crippen LogP contribution in [0.25, 0.3) is 0 Å². The molecule has 2 heteroatoms. The van der Waals surface area contributed by atoms with Gasteiger partial charge in [-0.1, -0.05) is 18.2 Å². The molecule has 0 aromatic rings. The van der Waals surface area contributed by atoms with E-state index in [1.165, 1.54) is 0 Å². The highest BCUT2D eigenvalue weighted by molar-refractivity contribution is 5.93. The summed E-state index contributed by atoms with van der Waals surface area (Å²) in [6.45, 7) is 0. The molecule has 0 aliphatic heterocycles. The quantitative estimate of drug-likeness (QED) is 0.502. The predicted molar refractivity (Wildman–Crippen MR) is 44.0 cm³/mol. The Morgan fingerprint density at radius 1 is 1.42 bits per heavy atom. The highest BCUT2D eigenvalue weighted by Gasteiger charge is 2.30. The third-order valence-electron chi connectivity index (χ3n) is 2.55. The molecule has 2 nitrogen and oxygen atoms in total. The molecule has 0 spiro atoms. The summed E-state index contributed by atoms with van der Waals surface area (Å²) < 4.78 is 0. The van der Waals surface area contributed by atoms with Crippen LogP contribution in [0.4, 0.5) is 0 Å². The van der Waals surface area contributed by atoms with Crippen LogP contribution in [0, 0.1) is 29.1 Å². The van der Waals surface area contributed by atoms with Crippen molar-refractivity contribution < 1.29 is 4.79 Å². The second-order valence-electron chi connectivity index (χ2n) is 3.30. The predicted octanol–water partition coefficient (Wildman–Crippen LogP) is 1.46. The van der Waals surface area contributed by atoms with Gasteiger partial charge in [0.1, 0.15) is 0 Å². The second kappa shape index (κ2) is 2.60. The number of allylic oxidation sites excluding steroid dienone is 4. The van der Waals surface area contributed by atoms with Crippen LogP contribution in [-0.2, 0) is 4.79 Å². The number of carbonyl (C=O) groups excluding carboxylic acids is 1. The van der Waals surface area contributed by atoms with Gasteiger partial charge in [0, 0.05) is 11.8 Å². The largest absolute Gasteiger partial charge is 0.294 e. The van der Waals surface area contributed by atoms with E-state index in [-0.39, 0.29) is 23.5 Å². The van der Waals surface area contributed by atoms with Crippen LogP contribution in [0.3, 0.4) is 0 Å². The fraction of sp³-hybridized carbons (Fsp3) is 0.400. The van der Waals surface area contributed by atoms with Gasteiger partial charge >= 0.3 is 0 Å². The fourth-order valence-electron chi connectivity index (χ4n) is 1.78. The van der Waals surface area contributed by atoms with Gasteiger partial charge < -0.3 is 0 Å². The van der Waals surface area contributed by atoms with E-state index in [4.69, 9.17) is 5.26 Å². The minimum atomic E-state index is -0.0374. The molecule has 0 radical (unpaired) electrons. The summed E-state index contributed by atoms with van der Waals surface area (Å²) in [4.78, 5) is 11.3. The van der Waals surface area contributed by atoms with E-state index in [9.17, 15) is 4.79 Å². The van der Waals surface area contributed by atoms with E-state index >= 15 is 0 Å². The number of hydrogen-bond acceptors (Lipinski definition) is 2. The lowest BCUT2D eigenvalue weighted by Gasteiger charge is -2.20. The lowest BCUT2D eigenvalue weighted by molar-refractivity contribution is -0.117. The van der Waals surface area contributed by atoms with E-state index in [1.54, 1.807) is 6.08 Å². The van der Waals surface area contributed by atoms with E-state index in [0.717, 1.165) is 0 Å². The molecule has 0 amide bonds. The Labute approximate surface area is 71.2 Å². The third kappa shape index (κ3) is 0.984. The Bertz CT molecular complexity index is 308. The molecule has 0 aromatic carbocycles. The van der Waals surface area contributed by atoms with Crippen LogP contribution < -0.4 is 0 Å². The van der Waals surface area contributed by atoms with Gasteiger partial charge in [0.15, 0.2) is 5.78 Å². The molecule has 0 saturated heterocycles. The average molecular weight is 159 g/mol. The molecule has 60 valence electrons. The lowest BCUT2D eigenvalue weighted by Crippen LogP contribution is -2.18. The minimum absolute atomic E-state index is 0.00250. The van der Waals surface area contributed by atoms with Crippen molar-refractivity contribution in [2.45, 2.75) is 6.42 Å². The Morgan fingerprint density at radius 3 is 3.00 bits per heavy atom. The summed E-state index contributed by atoms with van der Waals surface area (Å²) in [6.07, 6.45) is 8.07.